The predicted octanol–water partition coefficient (Wildman–Crippen LogP) is 3.17. The maximum atomic E-state index is 12.9. The van der Waals surface area contributed by atoms with Crippen molar-refractivity contribution >= 4 is 45.1 Å². The van der Waals surface area contributed by atoms with E-state index in [9.17, 15) is 9.59 Å². The lowest BCUT2D eigenvalue weighted by Gasteiger charge is -2.32. The summed E-state index contributed by atoms with van der Waals surface area (Å²) >= 11 is 3.44. The molecule has 1 aromatic heterocycles. The molecular weight excluding hydrogens is 406 g/mol. The van der Waals surface area contributed by atoms with Crippen LogP contribution in [0.15, 0.2) is 33.5 Å². The van der Waals surface area contributed by atoms with E-state index < -0.39 is 0 Å². The van der Waals surface area contributed by atoms with E-state index in [0.717, 1.165) is 48.9 Å². The lowest BCUT2D eigenvalue weighted by atomic mass is 9.96. The second kappa shape index (κ2) is 8.83. The van der Waals surface area contributed by atoms with Crippen molar-refractivity contribution in [2.45, 2.75) is 19.8 Å². The number of nitrogens with one attached hydrogen (secondary N) is 2. The van der Waals surface area contributed by atoms with Crippen molar-refractivity contribution in [1.29, 1.82) is 0 Å². The molecule has 136 valence electrons. The molecule has 2 heterocycles. The number of benzene rings is 1. The molecule has 0 radical (unpaired) electrons. The largest absolute Gasteiger partial charge is 0.339 e. The summed E-state index contributed by atoms with van der Waals surface area (Å²) in [6.45, 7) is 5.59. The van der Waals surface area contributed by atoms with Crippen molar-refractivity contribution in [3.05, 3.63) is 44.7 Å². The zero-order chi connectivity index (χ0) is 17.1. The van der Waals surface area contributed by atoms with Gasteiger partial charge in [-0.3, -0.25) is 9.59 Å². The fourth-order valence-corrected chi connectivity index (χ4v) is 3.75. The molecule has 7 heteroatoms. The summed E-state index contributed by atoms with van der Waals surface area (Å²) in [5.41, 5.74) is 0.912. The normalized spacial score (nSPS) is 15.2. The van der Waals surface area contributed by atoms with Gasteiger partial charge in [-0.1, -0.05) is 19.1 Å². The van der Waals surface area contributed by atoms with Gasteiger partial charge in [-0.2, -0.15) is 0 Å². The molecule has 3 rings (SSSR count). The fourth-order valence-electron chi connectivity index (χ4n) is 3.28. The summed E-state index contributed by atoms with van der Waals surface area (Å²) in [6, 6.07) is 7.03. The molecule has 25 heavy (non-hydrogen) atoms. The van der Waals surface area contributed by atoms with Crippen LogP contribution >= 0.6 is 28.3 Å². The Morgan fingerprint density at radius 1 is 1.36 bits per heavy atom. The van der Waals surface area contributed by atoms with Crippen LogP contribution in [0.1, 0.15) is 30.1 Å². The van der Waals surface area contributed by atoms with Gasteiger partial charge in [-0.25, -0.2) is 0 Å². The number of amides is 1. The summed E-state index contributed by atoms with van der Waals surface area (Å²) in [5.74, 6) is 0.574. The number of para-hydroxylation sites is 1. The van der Waals surface area contributed by atoms with E-state index in [1.807, 2.05) is 23.1 Å². The Hall–Kier alpha value is -1.37. The summed E-state index contributed by atoms with van der Waals surface area (Å²) in [5, 5.41) is 4.16. The minimum Gasteiger partial charge on any atom is -0.339 e. The summed E-state index contributed by atoms with van der Waals surface area (Å²) in [6.07, 6.45) is 2.01. The zero-order valence-corrected chi connectivity index (χ0v) is 16.6. The number of likely N-dealkylation sites (tertiary alicyclic amines) is 1. The van der Waals surface area contributed by atoms with Gasteiger partial charge in [0.2, 0.25) is 5.56 Å². The number of nitrogens with zero attached hydrogens (tertiary/aromatic N) is 1. The molecule has 0 unspecified atom stereocenters. The van der Waals surface area contributed by atoms with E-state index in [1.165, 1.54) is 6.07 Å². The second-order valence-electron chi connectivity index (χ2n) is 6.25. The number of hydrogen-bond acceptors (Lipinski definition) is 3. The van der Waals surface area contributed by atoms with Crippen LogP contribution in [-0.4, -0.2) is 42.0 Å². The van der Waals surface area contributed by atoms with Crippen molar-refractivity contribution < 1.29 is 4.79 Å². The molecule has 1 amide bonds. The average Bonchev–Trinajstić information content (AvgIpc) is 2.60. The number of aromatic nitrogens is 1. The highest BCUT2D eigenvalue weighted by molar-refractivity contribution is 9.10. The Kier molecular flexibility index (Phi) is 7.04. The number of rotatable bonds is 4. The van der Waals surface area contributed by atoms with Crippen LogP contribution in [0.25, 0.3) is 10.9 Å². The van der Waals surface area contributed by atoms with Gasteiger partial charge in [0.05, 0.1) is 11.1 Å². The molecule has 2 N–H and O–H groups in total. The van der Waals surface area contributed by atoms with E-state index in [1.54, 1.807) is 0 Å². The van der Waals surface area contributed by atoms with Gasteiger partial charge >= 0.3 is 0 Å². The van der Waals surface area contributed by atoms with Gasteiger partial charge in [0.25, 0.3) is 5.91 Å². The van der Waals surface area contributed by atoms with Gasteiger partial charge in [0.15, 0.2) is 0 Å². The molecular formula is C18H23BrClN3O2. The van der Waals surface area contributed by atoms with Crippen molar-refractivity contribution in [2.75, 3.05) is 26.2 Å². The van der Waals surface area contributed by atoms with Crippen LogP contribution in [0.3, 0.4) is 0 Å². The second-order valence-corrected chi connectivity index (χ2v) is 7.11. The highest BCUT2D eigenvalue weighted by Crippen LogP contribution is 2.25. The Morgan fingerprint density at radius 2 is 2.08 bits per heavy atom. The van der Waals surface area contributed by atoms with Gasteiger partial charge in [-0.05, 0) is 53.8 Å². The van der Waals surface area contributed by atoms with Crippen LogP contribution in [0.2, 0.25) is 0 Å². The number of halogens is 2. The van der Waals surface area contributed by atoms with E-state index in [2.05, 4.69) is 33.2 Å². The Balaban J connectivity index is 0.00000225. The first-order valence-corrected chi connectivity index (χ1v) is 9.21. The van der Waals surface area contributed by atoms with Gasteiger partial charge in [0, 0.05) is 29.0 Å². The predicted molar refractivity (Wildman–Crippen MR) is 107 cm³/mol. The first kappa shape index (κ1) is 19.9. The third-order valence-corrected chi connectivity index (χ3v) is 5.30. The number of pyridine rings is 1. The zero-order valence-electron chi connectivity index (χ0n) is 14.2. The number of carbonyl (C=O) groups is 1. The van der Waals surface area contributed by atoms with Gasteiger partial charge in [-0.15, -0.1) is 12.4 Å². The molecule has 1 saturated heterocycles. The highest BCUT2D eigenvalue weighted by atomic mass is 79.9. The van der Waals surface area contributed by atoms with Gasteiger partial charge in [0.1, 0.15) is 0 Å². The molecule has 2 aromatic rings. The van der Waals surface area contributed by atoms with Crippen molar-refractivity contribution in [3.8, 4) is 0 Å². The SMILES string of the molecule is CCNCC1CCN(C(=O)c2cc(=O)[nH]c3c(Br)cccc23)CC1.Cl. The Labute approximate surface area is 161 Å². The monoisotopic (exact) mass is 427 g/mol. The number of H-pyrrole nitrogens is 1. The van der Waals surface area contributed by atoms with Crippen LogP contribution in [0, 0.1) is 5.92 Å². The van der Waals surface area contributed by atoms with E-state index >= 15 is 0 Å². The van der Waals surface area contributed by atoms with E-state index in [-0.39, 0.29) is 23.9 Å². The summed E-state index contributed by atoms with van der Waals surface area (Å²) in [4.78, 5) is 29.6. The summed E-state index contributed by atoms with van der Waals surface area (Å²) in [7, 11) is 0. The quantitative estimate of drug-likeness (QED) is 0.786. The standard InChI is InChI=1S/C18H22BrN3O2.ClH/c1-2-20-11-12-6-8-22(9-7-12)18(24)14-10-16(23)21-17-13(14)4-3-5-15(17)19;/h3-5,10,12,20H,2,6-9,11H2,1H3,(H,21,23);1H. The molecule has 5 nitrogen and oxygen atoms in total. The number of aromatic amines is 1. The van der Waals surface area contributed by atoms with Crippen molar-refractivity contribution in [3.63, 3.8) is 0 Å². The topological polar surface area (TPSA) is 65.2 Å². The van der Waals surface area contributed by atoms with Crippen LogP contribution < -0.4 is 10.9 Å². The maximum Gasteiger partial charge on any atom is 0.254 e. The Bertz CT molecular complexity index is 800. The lowest BCUT2D eigenvalue weighted by molar-refractivity contribution is 0.0692. The van der Waals surface area contributed by atoms with Crippen molar-refractivity contribution in [2.24, 2.45) is 5.92 Å². The maximum absolute atomic E-state index is 12.9. The average molecular weight is 429 g/mol. The van der Waals surface area contributed by atoms with Crippen molar-refractivity contribution in [1.82, 2.24) is 15.2 Å². The first-order valence-electron chi connectivity index (χ1n) is 8.41. The molecule has 0 aliphatic carbocycles. The third kappa shape index (κ3) is 4.43. The molecule has 1 fully saturated rings. The van der Waals surface area contributed by atoms with Crippen LogP contribution in [0.5, 0.6) is 0 Å². The number of carbonyl (C=O) groups excluding carboxylic acids is 1. The highest BCUT2D eigenvalue weighted by Gasteiger charge is 2.25. The third-order valence-electron chi connectivity index (χ3n) is 4.64. The van der Waals surface area contributed by atoms with Crippen LogP contribution in [0.4, 0.5) is 0 Å². The number of fused-ring (bicyclic) bond motifs is 1. The van der Waals surface area contributed by atoms with E-state index in [4.69, 9.17) is 0 Å². The molecule has 0 saturated carbocycles. The Morgan fingerprint density at radius 3 is 2.76 bits per heavy atom. The molecule has 0 bridgehead atoms. The summed E-state index contributed by atoms with van der Waals surface area (Å²) < 4.78 is 0.788. The molecule has 1 aliphatic heterocycles. The minimum atomic E-state index is -0.250. The number of piperidine rings is 1. The molecule has 0 spiro atoms. The first-order chi connectivity index (χ1) is 11.6. The molecule has 1 aromatic carbocycles. The smallest absolute Gasteiger partial charge is 0.254 e. The van der Waals surface area contributed by atoms with E-state index in [0.29, 0.717) is 17.0 Å². The molecule has 0 atom stereocenters. The van der Waals surface area contributed by atoms with Gasteiger partial charge < -0.3 is 15.2 Å². The fraction of sp³-hybridized carbons (Fsp3) is 0.444. The minimum absolute atomic E-state index is 0. The number of hydrogen-bond donors (Lipinski definition) is 2. The lowest BCUT2D eigenvalue weighted by Crippen LogP contribution is -2.41. The van der Waals surface area contributed by atoms with Crippen LogP contribution in [-0.2, 0) is 0 Å². The molecule has 1 aliphatic rings.